The van der Waals surface area contributed by atoms with Crippen LogP contribution in [0, 0.1) is 11.3 Å². The fourth-order valence-corrected chi connectivity index (χ4v) is 5.40. The van der Waals surface area contributed by atoms with Crippen LogP contribution in [0.5, 0.6) is 0 Å². The third-order valence-electron chi connectivity index (χ3n) is 7.28. The highest BCUT2D eigenvalue weighted by molar-refractivity contribution is 5.84. The summed E-state index contributed by atoms with van der Waals surface area (Å²) >= 11 is 0. The third-order valence-corrected chi connectivity index (χ3v) is 7.28. The number of hydrogen-bond acceptors (Lipinski definition) is 3. The van der Waals surface area contributed by atoms with Crippen molar-refractivity contribution < 1.29 is 9.59 Å². The highest BCUT2D eigenvalue weighted by Gasteiger charge is 2.48. The van der Waals surface area contributed by atoms with Crippen molar-refractivity contribution in [3.05, 3.63) is 0 Å². The van der Waals surface area contributed by atoms with E-state index in [9.17, 15) is 9.59 Å². The minimum absolute atomic E-state index is 0.193. The Hall–Kier alpha value is -1.10. The molecule has 0 unspecified atom stereocenters. The van der Waals surface area contributed by atoms with Crippen LogP contribution in [-0.2, 0) is 9.59 Å². The van der Waals surface area contributed by atoms with Crippen molar-refractivity contribution in [3.8, 4) is 0 Å². The fourth-order valence-electron chi connectivity index (χ4n) is 5.40. The molecule has 26 heavy (non-hydrogen) atoms. The molecule has 1 aliphatic carbocycles. The zero-order valence-corrected chi connectivity index (χ0v) is 16.3. The number of carbonyl (C=O) groups excluding carboxylic acids is 2. The molecule has 0 aromatic heterocycles. The van der Waals surface area contributed by atoms with E-state index < -0.39 is 0 Å². The molecule has 2 amide bonds. The monoisotopic (exact) mass is 361 g/mol. The molecule has 146 valence electrons. The maximum Gasteiger partial charge on any atom is 0.236 e. The van der Waals surface area contributed by atoms with Gasteiger partial charge in [0.15, 0.2) is 0 Å². The molecule has 0 aromatic rings. The number of piperidine rings is 1. The van der Waals surface area contributed by atoms with E-state index in [1.807, 2.05) is 0 Å². The van der Waals surface area contributed by atoms with Crippen molar-refractivity contribution >= 4 is 11.8 Å². The quantitative estimate of drug-likeness (QED) is 0.773. The number of carbonyl (C=O) groups is 2. The number of rotatable bonds is 4. The third kappa shape index (κ3) is 3.78. The molecule has 1 spiro atoms. The Kier molecular flexibility index (Phi) is 5.53. The number of hydrogen-bond donors (Lipinski definition) is 0. The van der Waals surface area contributed by atoms with E-state index in [0.717, 1.165) is 77.3 Å². The van der Waals surface area contributed by atoms with E-state index in [-0.39, 0.29) is 11.3 Å². The highest BCUT2D eigenvalue weighted by atomic mass is 16.2. The number of likely N-dealkylation sites (tertiary alicyclic amines) is 3. The van der Waals surface area contributed by atoms with E-state index >= 15 is 0 Å². The summed E-state index contributed by atoms with van der Waals surface area (Å²) in [5, 5.41) is 0. The second-order valence-electron chi connectivity index (χ2n) is 9.19. The Morgan fingerprint density at radius 3 is 2.38 bits per heavy atom. The average Bonchev–Trinajstić information content (AvgIpc) is 2.82. The molecular weight excluding hydrogens is 326 g/mol. The Labute approximate surface area is 158 Å². The number of nitrogens with zero attached hydrogens (tertiary/aromatic N) is 3. The molecule has 4 aliphatic rings. The van der Waals surface area contributed by atoms with E-state index in [4.69, 9.17) is 0 Å². The maximum absolute atomic E-state index is 13.2. The maximum atomic E-state index is 13.2. The van der Waals surface area contributed by atoms with Crippen LogP contribution in [0.2, 0.25) is 0 Å². The first-order valence-electron chi connectivity index (χ1n) is 11.0. The summed E-state index contributed by atoms with van der Waals surface area (Å²) in [5.74, 6) is 1.41. The molecule has 0 aromatic carbocycles. The van der Waals surface area contributed by atoms with Gasteiger partial charge in [-0.1, -0.05) is 19.3 Å². The topological polar surface area (TPSA) is 43.9 Å². The van der Waals surface area contributed by atoms with Gasteiger partial charge in [0.2, 0.25) is 11.8 Å². The molecule has 3 heterocycles. The van der Waals surface area contributed by atoms with Crippen molar-refractivity contribution in [2.24, 2.45) is 11.3 Å². The van der Waals surface area contributed by atoms with E-state index in [1.165, 1.54) is 32.1 Å². The minimum Gasteiger partial charge on any atom is -0.342 e. The van der Waals surface area contributed by atoms with Gasteiger partial charge in [0.05, 0.1) is 12.0 Å². The van der Waals surface area contributed by atoms with E-state index in [2.05, 4.69) is 14.7 Å². The fraction of sp³-hybridized carbons (Fsp3) is 0.905. The van der Waals surface area contributed by atoms with Crippen LogP contribution in [0.4, 0.5) is 0 Å². The lowest BCUT2D eigenvalue weighted by Gasteiger charge is -2.42. The molecule has 3 aliphatic heterocycles. The minimum atomic E-state index is -0.193. The van der Waals surface area contributed by atoms with E-state index in [1.54, 1.807) is 0 Å². The molecule has 1 atom stereocenters. The zero-order chi connectivity index (χ0) is 18.0. The van der Waals surface area contributed by atoms with Gasteiger partial charge in [0.1, 0.15) is 0 Å². The highest BCUT2D eigenvalue weighted by Crippen LogP contribution is 2.41. The Balaban J connectivity index is 1.32. The number of amides is 2. The summed E-state index contributed by atoms with van der Waals surface area (Å²) in [5.41, 5.74) is -0.193. The van der Waals surface area contributed by atoms with Crippen LogP contribution in [0.15, 0.2) is 0 Å². The average molecular weight is 362 g/mol. The second kappa shape index (κ2) is 7.87. The molecule has 1 saturated carbocycles. The lowest BCUT2D eigenvalue weighted by atomic mass is 9.77. The molecule has 0 bridgehead atoms. The Morgan fingerprint density at radius 1 is 0.923 bits per heavy atom. The molecule has 4 fully saturated rings. The van der Waals surface area contributed by atoms with Gasteiger partial charge in [-0.05, 0) is 57.4 Å². The summed E-state index contributed by atoms with van der Waals surface area (Å²) in [7, 11) is 0. The Bertz CT molecular complexity index is 525. The van der Waals surface area contributed by atoms with Crippen LogP contribution in [-0.4, -0.2) is 72.3 Å². The van der Waals surface area contributed by atoms with Gasteiger partial charge in [-0.25, -0.2) is 0 Å². The van der Waals surface area contributed by atoms with E-state index in [0.29, 0.717) is 12.5 Å². The van der Waals surface area contributed by atoms with Crippen LogP contribution in [0.25, 0.3) is 0 Å². The van der Waals surface area contributed by atoms with Crippen LogP contribution >= 0.6 is 0 Å². The van der Waals surface area contributed by atoms with Crippen molar-refractivity contribution in [1.29, 1.82) is 0 Å². The van der Waals surface area contributed by atoms with Gasteiger partial charge in [-0.3, -0.25) is 14.5 Å². The zero-order valence-electron chi connectivity index (χ0n) is 16.3. The SMILES string of the molecule is O=C(CN1CC[C@]2(CCCN(CC3CCC3)C2=O)C1)N1CCCCCC1. The van der Waals surface area contributed by atoms with Crippen LogP contribution in [0.3, 0.4) is 0 Å². The summed E-state index contributed by atoms with van der Waals surface area (Å²) in [6, 6.07) is 0. The van der Waals surface area contributed by atoms with Gasteiger partial charge in [-0.2, -0.15) is 0 Å². The van der Waals surface area contributed by atoms with Crippen molar-refractivity contribution in [3.63, 3.8) is 0 Å². The summed E-state index contributed by atoms with van der Waals surface area (Å²) in [4.78, 5) is 32.4. The first-order chi connectivity index (χ1) is 12.7. The van der Waals surface area contributed by atoms with Gasteiger partial charge in [0, 0.05) is 32.7 Å². The van der Waals surface area contributed by atoms with Crippen molar-refractivity contribution in [2.45, 2.75) is 64.2 Å². The lowest BCUT2D eigenvalue weighted by Crippen LogP contribution is -2.52. The first-order valence-corrected chi connectivity index (χ1v) is 11.0. The summed E-state index contributed by atoms with van der Waals surface area (Å²) in [6.45, 7) is 5.99. The summed E-state index contributed by atoms with van der Waals surface area (Å²) < 4.78 is 0. The summed E-state index contributed by atoms with van der Waals surface area (Å²) in [6.07, 6.45) is 11.8. The first kappa shape index (κ1) is 18.3. The van der Waals surface area contributed by atoms with Crippen LogP contribution < -0.4 is 0 Å². The largest absolute Gasteiger partial charge is 0.342 e. The van der Waals surface area contributed by atoms with Gasteiger partial charge in [-0.15, -0.1) is 0 Å². The molecule has 4 rings (SSSR count). The normalized spacial score (nSPS) is 31.3. The second-order valence-corrected chi connectivity index (χ2v) is 9.19. The lowest BCUT2D eigenvalue weighted by molar-refractivity contribution is -0.147. The van der Waals surface area contributed by atoms with Crippen LogP contribution in [0.1, 0.15) is 64.2 Å². The molecular formula is C21H35N3O2. The molecule has 0 N–H and O–H groups in total. The van der Waals surface area contributed by atoms with Crippen molar-refractivity contribution in [1.82, 2.24) is 14.7 Å². The van der Waals surface area contributed by atoms with Gasteiger partial charge in [0.25, 0.3) is 0 Å². The molecule has 5 nitrogen and oxygen atoms in total. The molecule has 0 radical (unpaired) electrons. The van der Waals surface area contributed by atoms with Gasteiger partial charge >= 0.3 is 0 Å². The smallest absolute Gasteiger partial charge is 0.236 e. The molecule has 5 heteroatoms. The Morgan fingerprint density at radius 2 is 1.69 bits per heavy atom. The van der Waals surface area contributed by atoms with Gasteiger partial charge < -0.3 is 9.80 Å². The predicted molar refractivity (Wildman–Crippen MR) is 102 cm³/mol. The van der Waals surface area contributed by atoms with Crippen molar-refractivity contribution in [2.75, 3.05) is 45.8 Å². The standard InChI is InChI=1S/C21H35N3O2/c25-19(23-11-3-1-2-4-12-23)16-22-14-10-21(17-22)9-6-13-24(20(21)26)15-18-7-5-8-18/h18H,1-17H2/t21-/m1/s1. The molecule has 3 saturated heterocycles. The predicted octanol–water partition coefficient (Wildman–Crippen LogP) is 2.50.